The van der Waals surface area contributed by atoms with Gasteiger partial charge < -0.3 is 5.32 Å². The van der Waals surface area contributed by atoms with Gasteiger partial charge in [-0.25, -0.2) is 0 Å². The van der Waals surface area contributed by atoms with E-state index < -0.39 is 0 Å². The molecule has 2 rings (SSSR count). The van der Waals surface area contributed by atoms with Gasteiger partial charge in [0.15, 0.2) is 5.96 Å². The average molecular weight is 288 g/mol. The number of rotatable bonds is 2. The Morgan fingerprint density at radius 2 is 2.47 bits per heavy atom. The molecule has 1 atom stereocenters. The van der Waals surface area contributed by atoms with E-state index in [4.69, 9.17) is 0 Å². The van der Waals surface area contributed by atoms with Gasteiger partial charge in [0.1, 0.15) is 6.04 Å². The Balaban J connectivity index is 2.18. The van der Waals surface area contributed by atoms with Crippen molar-refractivity contribution in [2.24, 2.45) is 4.99 Å². The second-order valence-corrected chi connectivity index (χ2v) is 4.92. The Hall–Kier alpha value is -0.880. The first-order valence-corrected chi connectivity index (χ1v) is 6.23. The summed E-state index contributed by atoms with van der Waals surface area (Å²) in [5.74, 6) is 0.522. The van der Waals surface area contributed by atoms with Crippen LogP contribution in [0.1, 0.15) is 17.8 Å². The normalized spacial score (nSPS) is 22.9. The zero-order valence-corrected chi connectivity index (χ0v) is 10.5. The van der Waals surface area contributed by atoms with Crippen LogP contribution in [0.25, 0.3) is 0 Å². The largest absolute Gasteiger partial charge is 0.340 e. The van der Waals surface area contributed by atoms with Crippen molar-refractivity contribution in [1.29, 1.82) is 0 Å². The smallest absolute Gasteiger partial charge is 0.254 e. The summed E-state index contributed by atoms with van der Waals surface area (Å²) in [6.45, 7) is 2.58. The summed E-state index contributed by atoms with van der Waals surface area (Å²) in [6, 6.07) is 1.64. The summed E-state index contributed by atoms with van der Waals surface area (Å²) in [5.41, 5.74) is 0. The predicted octanol–water partition coefficient (Wildman–Crippen LogP) is 1.65. The van der Waals surface area contributed by atoms with Gasteiger partial charge in [0, 0.05) is 21.3 Å². The number of hydrogen-bond donors (Lipinski definition) is 2. The van der Waals surface area contributed by atoms with Crippen molar-refractivity contribution in [3.63, 3.8) is 0 Å². The first-order valence-electron chi connectivity index (χ1n) is 4.56. The minimum absolute atomic E-state index is 0.0449. The number of carbonyl (C=O) groups excluding carboxylic acids is 1. The van der Waals surface area contributed by atoms with Crippen LogP contribution in [0.5, 0.6) is 0 Å². The molecule has 1 aromatic heterocycles. The number of halogens is 1. The highest BCUT2D eigenvalue weighted by atomic mass is 79.9. The predicted molar refractivity (Wildman–Crippen MR) is 64.0 cm³/mol. The highest BCUT2D eigenvalue weighted by molar-refractivity contribution is 9.10. The zero-order valence-electron chi connectivity index (χ0n) is 8.08. The van der Waals surface area contributed by atoms with Crippen molar-refractivity contribution in [2.75, 3.05) is 6.54 Å². The fourth-order valence-corrected chi connectivity index (χ4v) is 2.84. The van der Waals surface area contributed by atoms with Gasteiger partial charge in [-0.3, -0.25) is 15.1 Å². The monoisotopic (exact) mass is 287 g/mol. The number of thiophene rings is 1. The summed E-state index contributed by atoms with van der Waals surface area (Å²) >= 11 is 4.91. The van der Waals surface area contributed by atoms with Gasteiger partial charge in [0.25, 0.3) is 5.91 Å². The molecule has 0 aromatic carbocycles. The minimum atomic E-state index is -0.299. The molecule has 2 heterocycles. The molecule has 0 aliphatic carbocycles. The molecule has 1 amide bonds. The number of hydrogen-bond acceptors (Lipinski definition) is 3. The Bertz CT molecular complexity index is 415. The van der Waals surface area contributed by atoms with Crippen molar-refractivity contribution in [3.8, 4) is 0 Å². The Morgan fingerprint density at radius 3 is 3.07 bits per heavy atom. The summed E-state index contributed by atoms with van der Waals surface area (Å²) < 4.78 is 0.998. The Kier molecular flexibility index (Phi) is 3.06. The van der Waals surface area contributed by atoms with Crippen LogP contribution in [0.3, 0.4) is 0 Å². The summed E-state index contributed by atoms with van der Waals surface area (Å²) in [5, 5.41) is 7.71. The molecule has 1 fully saturated rings. The lowest BCUT2D eigenvalue weighted by Crippen LogP contribution is -2.25. The number of nitrogens with one attached hydrogen (secondary N) is 2. The molecule has 1 unspecified atom stereocenters. The minimum Gasteiger partial charge on any atom is -0.340 e. The van der Waals surface area contributed by atoms with Gasteiger partial charge >= 0.3 is 0 Å². The van der Waals surface area contributed by atoms with Crippen LogP contribution in [0.2, 0.25) is 0 Å². The van der Waals surface area contributed by atoms with E-state index in [9.17, 15) is 4.79 Å². The third-order valence-electron chi connectivity index (χ3n) is 1.97. The molecule has 1 saturated heterocycles. The molecule has 1 aliphatic heterocycles. The van der Waals surface area contributed by atoms with E-state index in [1.807, 2.05) is 18.4 Å². The zero-order chi connectivity index (χ0) is 10.8. The van der Waals surface area contributed by atoms with E-state index >= 15 is 0 Å². The average Bonchev–Trinajstić information content (AvgIpc) is 2.73. The second-order valence-electron chi connectivity index (χ2n) is 3.06. The van der Waals surface area contributed by atoms with E-state index in [0.29, 0.717) is 12.5 Å². The molecule has 4 nitrogen and oxygen atoms in total. The lowest BCUT2D eigenvalue weighted by molar-refractivity contribution is -0.120. The molecule has 0 radical (unpaired) electrons. The van der Waals surface area contributed by atoms with Crippen LogP contribution in [0, 0.1) is 0 Å². The highest BCUT2D eigenvalue weighted by Gasteiger charge is 2.30. The Labute approximate surface area is 99.9 Å². The van der Waals surface area contributed by atoms with Crippen LogP contribution in [0.15, 0.2) is 20.9 Å². The van der Waals surface area contributed by atoms with Crippen molar-refractivity contribution < 1.29 is 4.79 Å². The van der Waals surface area contributed by atoms with Crippen molar-refractivity contribution >= 4 is 39.1 Å². The summed E-state index contributed by atoms with van der Waals surface area (Å²) in [7, 11) is 0. The number of nitrogens with zero attached hydrogens (tertiary/aromatic N) is 1. The molecule has 6 heteroatoms. The fraction of sp³-hybridized carbons (Fsp3) is 0.333. The lowest BCUT2D eigenvalue weighted by Gasteiger charge is -2.03. The molecule has 2 N–H and O–H groups in total. The maximum absolute atomic E-state index is 11.6. The van der Waals surface area contributed by atoms with E-state index in [-0.39, 0.29) is 11.9 Å². The van der Waals surface area contributed by atoms with Crippen molar-refractivity contribution in [2.45, 2.75) is 13.0 Å². The standard InChI is InChI=1S/C9H10BrN3OS/c1-2-11-9-12-7(8(14)13-9)6-3-5(10)4-15-6/h3-4,7H,2H2,1H3,(H2,11,12,13,14). The first-order chi connectivity index (χ1) is 7.20. The summed E-state index contributed by atoms with van der Waals surface area (Å²) in [4.78, 5) is 16.7. The van der Waals surface area contributed by atoms with Crippen LogP contribution in [0.4, 0.5) is 0 Å². The van der Waals surface area contributed by atoms with Crippen molar-refractivity contribution in [1.82, 2.24) is 10.6 Å². The van der Waals surface area contributed by atoms with Crippen LogP contribution in [-0.4, -0.2) is 18.4 Å². The van der Waals surface area contributed by atoms with Crippen molar-refractivity contribution in [3.05, 3.63) is 20.8 Å². The summed E-state index contributed by atoms with van der Waals surface area (Å²) in [6.07, 6.45) is 0. The van der Waals surface area contributed by atoms with Gasteiger partial charge in [-0.2, -0.15) is 0 Å². The SMILES string of the molecule is CCN=C1NC(=O)C(c2cc(Br)cs2)N1. The van der Waals surface area contributed by atoms with Crippen LogP contribution in [-0.2, 0) is 4.79 Å². The number of guanidine groups is 1. The molecular weight excluding hydrogens is 278 g/mol. The molecule has 1 aromatic rings. The van der Waals surface area contributed by atoms with E-state index in [0.717, 1.165) is 9.35 Å². The lowest BCUT2D eigenvalue weighted by atomic mass is 10.2. The fourth-order valence-electron chi connectivity index (χ4n) is 1.35. The molecule has 15 heavy (non-hydrogen) atoms. The van der Waals surface area contributed by atoms with E-state index in [2.05, 4.69) is 31.6 Å². The van der Waals surface area contributed by atoms with Gasteiger partial charge in [0.2, 0.25) is 0 Å². The van der Waals surface area contributed by atoms with Crippen LogP contribution >= 0.6 is 27.3 Å². The van der Waals surface area contributed by atoms with Crippen LogP contribution < -0.4 is 10.6 Å². The van der Waals surface area contributed by atoms with Gasteiger partial charge in [0.05, 0.1) is 0 Å². The number of amides is 1. The maximum Gasteiger partial charge on any atom is 0.254 e. The molecule has 0 spiro atoms. The third kappa shape index (κ3) is 2.21. The van der Waals surface area contributed by atoms with E-state index in [1.165, 1.54) is 0 Å². The third-order valence-corrected chi connectivity index (χ3v) is 3.73. The molecule has 0 bridgehead atoms. The Morgan fingerprint density at radius 1 is 1.67 bits per heavy atom. The second kappa shape index (κ2) is 4.32. The van der Waals surface area contributed by atoms with Gasteiger partial charge in [-0.1, -0.05) is 0 Å². The van der Waals surface area contributed by atoms with Gasteiger partial charge in [-0.05, 0) is 28.9 Å². The molecule has 0 saturated carbocycles. The van der Waals surface area contributed by atoms with Gasteiger partial charge in [-0.15, -0.1) is 11.3 Å². The van der Waals surface area contributed by atoms with E-state index in [1.54, 1.807) is 11.3 Å². The molecule has 1 aliphatic rings. The quantitative estimate of drug-likeness (QED) is 0.869. The molecular formula is C9H10BrN3OS. The molecule has 80 valence electrons. The highest BCUT2D eigenvalue weighted by Crippen LogP contribution is 2.27. The first kappa shape index (κ1) is 10.6. The number of carbonyl (C=O) groups is 1. The number of aliphatic imine (C=N–C) groups is 1. The topological polar surface area (TPSA) is 53.5 Å². The maximum atomic E-state index is 11.6.